The molecule has 166 valence electrons. The molecule has 0 atom stereocenters. The van der Waals surface area contributed by atoms with Gasteiger partial charge in [0.25, 0.3) is 15.6 Å². The van der Waals surface area contributed by atoms with Crippen molar-refractivity contribution in [3.05, 3.63) is 75.1 Å². The third kappa shape index (κ3) is 4.10. The second kappa shape index (κ2) is 8.35. The normalized spacial score (nSPS) is 13.5. The molecule has 0 unspecified atom stereocenters. The smallest absolute Gasteiger partial charge is 0.269 e. The van der Waals surface area contributed by atoms with Gasteiger partial charge in [0, 0.05) is 29.4 Å². The Morgan fingerprint density at radius 2 is 1.78 bits per heavy atom. The Morgan fingerprint density at radius 1 is 1.06 bits per heavy atom. The van der Waals surface area contributed by atoms with Crippen LogP contribution < -0.4 is 10.3 Å². The van der Waals surface area contributed by atoms with Gasteiger partial charge in [-0.3, -0.25) is 14.3 Å². The maximum absolute atomic E-state index is 13.2. The first-order valence-corrected chi connectivity index (χ1v) is 12.0. The molecule has 1 aliphatic rings. The first-order valence-electron chi connectivity index (χ1n) is 10.5. The standard InChI is InChI=1S/C24H25N3O4S/c1-15-11-12-18(23-20-9-4-5-10-21(20)24(29)27(3)25-23)14-22(15)32(30,31)26-19-8-6-7-17(13-19)16(2)28/h6-8,11-14,26H,4-5,9-10H2,1-3H3. The number of rotatable bonds is 5. The quantitative estimate of drug-likeness (QED) is 0.597. The first kappa shape index (κ1) is 22.0. The van der Waals surface area contributed by atoms with Crippen LogP contribution in [0.4, 0.5) is 5.69 Å². The number of hydrogen-bond donors (Lipinski definition) is 1. The third-order valence-electron chi connectivity index (χ3n) is 5.83. The summed E-state index contributed by atoms with van der Waals surface area (Å²) in [4.78, 5) is 24.3. The van der Waals surface area contributed by atoms with Gasteiger partial charge in [0.2, 0.25) is 0 Å². The summed E-state index contributed by atoms with van der Waals surface area (Å²) in [5, 5.41) is 4.48. The third-order valence-corrected chi connectivity index (χ3v) is 7.35. The largest absolute Gasteiger partial charge is 0.295 e. The highest BCUT2D eigenvalue weighted by atomic mass is 32.2. The molecule has 1 heterocycles. The van der Waals surface area contributed by atoms with Gasteiger partial charge in [-0.05, 0) is 68.9 Å². The van der Waals surface area contributed by atoms with Crippen molar-refractivity contribution < 1.29 is 13.2 Å². The Kier molecular flexibility index (Phi) is 5.73. The molecule has 1 aliphatic carbocycles. The van der Waals surface area contributed by atoms with Crippen LogP contribution in [0.15, 0.2) is 52.2 Å². The first-order chi connectivity index (χ1) is 15.2. The molecule has 32 heavy (non-hydrogen) atoms. The van der Waals surface area contributed by atoms with Crippen LogP contribution >= 0.6 is 0 Å². The van der Waals surface area contributed by atoms with Crippen molar-refractivity contribution in [3.63, 3.8) is 0 Å². The number of sulfonamides is 1. The van der Waals surface area contributed by atoms with Crippen LogP contribution in [0, 0.1) is 6.92 Å². The molecule has 0 aliphatic heterocycles. The highest BCUT2D eigenvalue weighted by molar-refractivity contribution is 7.92. The fourth-order valence-corrected chi connectivity index (χ4v) is 5.46. The number of ketones is 1. The van der Waals surface area contributed by atoms with Gasteiger partial charge in [0.1, 0.15) is 0 Å². The van der Waals surface area contributed by atoms with Gasteiger partial charge in [0.15, 0.2) is 5.78 Å². The number of nitrogens with zero attached hydrogens (tertiary/aromatic N) is 2. The van der Waals surface area contributed by atoms with Crippen molar-refractivity contribution in [1.82, 2.24) is 9.78 Å². The molecule has 7 nitrogen and oxygen atoms in total. The zero-order valence-electron chi connectivity index (χ0n) is 18.3. The summed E-state index contributed by atoms with van der Waals surface area (Å²) in [5.41, 5.74) is 4.23. The van der Waals surface area contributed by atoms with Gasteiger partial charge in [-0.25, -0.2) is 13.1 Å². The Labute approximate surface area is 187 Å². The van der Waals surface area contributed by atoms with E-state index in [-0.39, 0.29) is 16.2 Å². The lowest BCUT2D eigenvalue weighted by molar-refractivity contribution is 0.101. The Hall–Kier alpha value is -3.26. The molecule has 2 aromatic carbocycles. The van der Waals surface area contributed by atoms with E-state index in [1.54, 1.807) is 44.3 Å². The van der Waals surface area contributed by atoms with Gasteiger partial charge < -0.3 is 0 Å². The number of aromatic nitrogens is 2. The number of hydrogen-bond acceptors (Lipinski definition) is 5. The minimum absolute atomic E-state index is 0.0876. The van der Waals surface area contributed by atoms with Crippen molar-refractivity contribution in [2.24, 2.45) is 7.05 Å². The fraction of sp³-hybridized carbons (Fsp3) is 0.292. The van der Waals surface area contributed by atoms with Crippen LogP contribution in [0.3, 0.4) is 0 Å². The lowest BCUT2D eigenvalue weighted by atomic mass is 9.89. The summed E-state index contributed by atoms with van der Waals surface area (Å²) in [6.07, 6.45) is 3.39. The second-order valence-electron chi connectivity index (χ2n) is 8.16. The molecule has 0 amide bonds. The summed E-state index contributed by atoms with van der Waals surface area (Å²) in [7, 11) is -2.29. The molecule has 0 radical (unpaired) electrons. The number of carbonyl (C=O) groups excluding carboxylic acids is 1. The number of fused-ring (bicyclic) bond motifs is 1. The zero-order chi connectivity index (χ0) is 23.0. The Bertz CT molecular complexity index is 1390. The maximum Gasteiger partial charge on any atom is 0.269 e. The van der Waals surface area contributed by atoms with Gasteiger partial charge >= 0.3 is 0 Å². The molecule has 0 saturated carbocycles. The average molecular weight is 452 g/mol. The number of aryl methyl sites for hydroxylation is 2. The molecule has 0 saturated heterocycles. The Morgan fingerprint density at radius 3 is 2.50 bits per heavy atom. The molecule has 1 aromatic heterocycles. The number of nitrogens with one attached hydrogen (secondary N) is 1. The van der Waals surface area contributed by atoms with Crippen molar-refractivity contribution in [2.75, 3.05) is 4.72 Å². The molecular formula is C24H25N3O4S. The zero-order valence-corrected chi connectivity index (χ0v) is 19.1. The van der Waals surface area contributed by atoms with E-state index in [0.29, 0.717) is 34.5 Å². The van der Waals surface area contributed by atoms with Gasteiger partial charge in [-0.1, -0.05) is 24.3 Å². The summed E-state index contributed by atoms with van der Waals surface area (Å²) < 4.78 is 30.4. The van der Waals surface area contributed by atoms with E-state index in [4.69, 9.17) is 0 Å². The molecule has 1 N–H and O–H groups in total. The fourth-order valence-electron chi connectivity index (χ4n) is 4.13. The minimum Gasteiger partial charge on any atom is -0.295 e. The highest BCUT2D eigenvalue weighted by Crippen LogP contribution is 2.31. The molecule has 3 aromatic rings. The lowest BCUT2D eigenvalue weighted by Gasteiger charge is -2.20. The van der Waals surface area contributed by atoms with E-state index >= 15 is 0 Å². The van der Waals surface area contributed by atoms with Crippen molar-refractivity contribution in [3.8, 4) is 11.3 Å². The number of anilines is 1. The molecule has 8 heteroatoms. The van der Waals surface area contributed by atoms with Gasteiger partial charge in [-0.15, -0.1) is 0 Å². The van der Waals surface area contributed by atoms with E-state index in [1.807, 2.05) is 6.07 Å². The molecule has 4 rings (SSSR count). The number of carbonyl (C=O) groups is 1. The predicted molar refractivity (Wildman–Crippen MR) is 124 cm³/mol. The minimum atomic E-state index is -3.91. The van der Waals surface area contributed by atoms with Crippen molar-refractivity contribution in [2.45, 2.75) is 44.4 Å². The summed E-state index contributed by atoms with van der Waals surface area (Å²) in [5.74, 6) is -0.144. The summed E-state index contributed by atoms with van der Waals surface area (Å²) in [6, 6.07) is 11.6. The van der Waals surface area contributed by atoms with E-state index in [9.17, 15) is 18.0 Å². The van der Waals surface area contributed by atoms with E-state index < -0.39 is 10.0 Å². The summed E-state index contributed by atoms with van der Waals surface area (Å²) >= 11 is 0. The topological polar surface area (TPSA) is 98.1 Å². The van der Waals surface area contributed by atoms with Crippen molar-refractivity contribution >= 4 is 21.5 Å². The highest BCUT2D eigenvalue weighted by Gasteiger charge is 2.23. The van der Waals surface area contributed by atoms with Crippen LogP contribution in [0.2, 0.25) is 0 Å². The van der Waals surface area contributed by atoms with Crippen LogP contribution in [0.1, 0.15) is 46.8 Å². The predicted octanol–water partition coefficient (Wildman–Crippen LogP) is 3.64. The number of Topliss-reactive ketones (excluding diaryl/α,β-unsaturated/α-hetero) is 1. The average Bonchev–Trinajstić information content (AvgIpc) is 2.76. The van der Waals surface area contributed by atoms with Crippen LogP contribution in [0.25, 0.3) is 11.3 Å². The maximum atomic E-state index is 13.2. The Balaban J connectivity index is 1.79. The van der Waals surface area contributed by atoms with Crippen molar-refractivity contribution in [1.29, 1.82) is 0 Å². The van der Waals surface area contributed by atoms with Crippen LogP contribution in [-0.2, 0) is 29.9 Å². The molecule has 0 bridgehead atoms. The van der Waals surface area contributed by atoms with Crippen LogP contribution in [0.5, 0.6) is 0 Å². The van der Waals surface area contributed by atoms with E-state index in [1.165, 1.54) is 17.7 Å². The lowest BCUT2D eigenvalue weighted by Crippen LogP contribution is -2.28. The monoisotopic (exact) mass is 451 g/mol. The van der Waals surface area contributed by atoms with Gasteiger partial charge in [-0.2, -0.15) is 5.10 Å². The number of benzene rings is 2. The van der Waals surface area contributed by atoms with Gasteiger partial charge in [0.05, 0.1) is 10.6 Å². The molecule has 0 fully saturated rings. The van der Waals surface area contributed by atoms with Crippen LogP contribution in [-0.4, -0.2) is 24.0 Å². The molecular weight excluding hydrogens is 426 g/mol. The van der Waals surface area contributed by atoms with E-state index in [0.717, 1.165) is 30.4 Å². The molecule has 0 spiro atoms. The SMILES string of the molecule is CC(=O)c1cccc(NS(=O)(=O)c2cc(-c3nn(C)c(=O)c4c3CCCC4)ccc2C)c1. The second-order valence-corrected chi connectivity index (χ2v) is 9.82. The summed E-state index contributed by atoms with van der Waals surface area (Å²) in [6.45, 7) is 3.16. The van der Waals surface area contributed by atoms with E-state index in [2.05, 4.69) is 9.82 Å².